The fourth-order valence-electron chi connectivity index (χ4n) is 2.59. The lowest BCUT2D eigenvalue weighted by molar-refractivity contribution is 0.602. The van der Waals surface area contributed by atoms with Crippen molar-refractivity contribution in [3.8, 4) is 0 Å². The number of rotatable bonds is 5. The number of fused-ring (bicyclic) bond motifs is 1. The minimum absolute atomic E-state index is 0.728. The van der Waals surface area contributed by atoms with Gasteiger partial charge in [-0.15, -0.1) is 11.3 Å². The summed E-state index contributed by atoms with van der Waals surface area (Å²) in [5.41, 5.74) is 0. The smallest absolute Gasteiger partial charge is 0.0636 e. The summed E-state index contributed by atoms with van der Waals surface area (Å²) in [6.45, 7) is 3.18. The van der Waals surface area contributed by atoms with Gasteiger partial charge in [0.15, 0.2) is 0 Å². The Kier molecular flexibility index (Phi) is 3.60. The van der Waals surface area contributed by atoms with Crippen molar-refractivity contribution in [2.75, 3.05) is 0 Å². The fraction of sp³-hybridized carbons (Fsp3) is 0.467. The van der Waals surface area contributed by atoms with Crippen LogP contribution in [0.3, 0.4) is 0 Å². The number of benzene rings is 1. The number of hydrogen-bond donors (Lipinski definition) is 1. The van der Waals surface area contributed by atoms with Crippen LogP contribution in [0, 0.1) is 5.92 Å². The van der Waals surface area contributed by atoms with Gasteiger partial charge >= 0.3 is 0 Å². The predicted octanol–water partition coefficient (Wildman–Crippen LogP) is 4.83. The van der Waals surface area contributed by atoms with Crippen molar-refractivity contribution in [3.05, 3.63) is 34.2 Å². The molecular formula is C15H18ClNS. The molecule has 1 saturated carbocycles. The van der Waals surface area contributed by atoms with Crippen LogP contribution in [0.4, 0.5) is 0 Å². The van der Waals surface area contributed by atoms with Gasteiger partial charge in [-0.3, -0.25) is 0 Å². The summed E-state index contributed by atoms with van der Waals surface area (Å²) < 4.78 is 1.29. The average Bonchev–Trinajstić information content (AvgIpc) is 3.05. The number of halogens is 1. The maximum atomic E-state index is 6.43. The molecule has 2 unspecified atom stereocenters. The van der Waals surface area contributed by atoms with Gasteiger partial charge in [0.05, 0.1) is 5.02 Å². The van der Waals surface area contributed by atoms with Gasteiger partial charge in [0.2, 0.25) is 0 Å². The van der Waals surface area contributed by atoms with Gasteiger partial charge in [0.25, 0.3) is 0 Å². The highest BCUT2D eigenvalue weighted by atomic mass is 35.5. The second-order valence-corrected chi connectivity index (χ2v) is 6.62. The quantitative estimate of drug-likeness (QED) is 0.826. The Morgan fingerprint density at radius 2 is 2.22 bits per heavy atom. The van der Waals surface area contributed by atoms with Crippen LogP contribution in [0.5, 0.6) is 0 Å². The van der Waals surface area contributed by atoms with Crippen molar-refractivity contribution < 1.29 is 0 Å². The molecule has 0 aliphatic heterocycles. The van der Waals surface area contributed by atoms with Crippen LogP contribution >= 0.6 is 22.9 Å². The molecule has 0 saturated heterocycles. The van der Waals surface area contributed by atoms with E-state index in [9.17, 15) is 0 Å². The van der Waals surface area contributed by atoms with Crippen LogP contribution in [0.15, 0.2) is 24.3 Å². The molecule has 3 rings (SSSR count). The molecule has 2 aromatic rings. The van der Waals surface area contributed by atoms with Crippen LogP contribution in [0.1, 0.15) is 31.1 Å². The monoisotopic (exact) mass is 279 g/mol. The first-order valence-corrected chi connectivity index (χ1v) is 7.88. The van der Waals surface area contributed by atoms with Crippen LogP contribution in [0.2, 0.25) is 5.02 Å². The summed E-state index contributed by atoms with van der Waals surface area (Å²) in [5.74, 6) is 0.906. The van der Waals surface area contributed by atoms with E-state index in [1.165, 1.54) is 34.2 Å². The van der Waals surface area contributed by atoms with Crippen molar-refractivity contribution in [2.24, 2.45) is 5.92 Å². The Morgan fingerprint density at radius 3 is 3.00 bits per heavy atom. The molecule has 3 heteroatoms. The van der Waals surface area contributed by atoms with Gasteiger partial charge in [-0.2, -0.15) is 0 Å². The van der Waals surface area contributed by atoms with E-state index in [1.54, 1.807) is 0 Å². The predicted molar refractivity (Wildman–Crippen MR) is 80.5 cm³/mol. The molecule has 0 amide bonds. The highest BCUT2D eigenvalue weighted by molar-refractivity contribution is 7.19. The van der Waals surface area contributed by atoms with Crippen molar-refractivity contribution in [1.29, 1.82) is 0 Å². The number of nitrogens with one attached hydrogen (secondary N) is 1. The van der Waals surface area contributed by atoms with Gasteiger partial charge in [-0.1, -0.05) is 43.1 Å². The minimum atomic E-state index is 0.728. The third kappa shape index (κ3) is 2.42. The molecule has 1 heterocycles. The largest absolute Gasteiger partial charge is 0.309 e. The van der Waals surface area contributed by atoms with E-state index >= 15 is 0 Å². The lowest BCUT2D eigenvalue weighted by Gasteiger charge is -2.02. The van der Waals surface area contributed by atoms with E-state index in [4.69, 9.17) is 11.6 Å². The summed E-state index contributed by atoms with van der Waals surface area (Å²) >= 11 is 8.24. The van der Waals surface area contributed by atoms with E-state index in [0.29, 0.717) is 0 Å². The Balaban J connectivity index is 1.66. The Bertz CT molecular complexity index is 548. The van der Waals surface area contributed by atoms with Crippen molar-refractivity contribution in [1.82, 2.24) is 5.32 Å². The Hall–Kier alpha value is -0.570. The van der Waals surface area contributed by atoms with Crippen LogP contribution in [-0.2, 0) is 6.54 Å². The maximum Gasteiger partial charge on any atom is 0.0636 e. The third-order valence-electron chi connectivity index (χ3n) is 3.71. The molecule has 1 nitrogen and oxygen atoms in total. The average molecular weight is 280 g/mol. The molecule has 96 valence electrons. The standard InChI is InChI=1S/C15H18ClNS/c1-2-5-10-8-12(10)17-9-14-15(16)11-6-3-4-7-13(11)18-14/h3-4,6-7,10,12,17H,2,5,8-9H2,1H3. The molecule has 1 aliphatic carbocycles. The minimum Gasteiger partial charge on any atom is -0.309 e. The first-order chi connectivity index (χ1) is 8.79. The molecule has 1 N–H and O–H groups in total. The normalized spacial score (nSPS) is 22.6. The summed E-state index contributed by atoms with van der Waals surface area (Å²) in [4.78, 5) is 1.28. The Labute approximate surface area is 117 Å². The molecule has 0 spiro atoms. The van der Waals surface area contributed by atoms with Crippen molar-refractivity contribution in [2.45, 2.75) is 38.8 Å². The van der Waals surface area contributed by atoms with E-state index in [0.717, 1.165) is 23.5 Å². The second-order valence-electron chi connectivity index (χ2n) is 5.11. The fourth-order valence-corrected chi connectivity index (χ4v) is 4.04. The molecule has 0 bridgehead atoms. The SMILES string of the molecule is CCCC1CC1NCc1sc2ccccc2c1Cl. The van der Waals surface area contributed by atoms with Gasteiger partial charge < -0.3 is 5.32 Å². The number of thiophene rings is 1. The summed E-state index contributed by atoms with van der Waals surface area (Å²) in [5, 5.41) is 5.77. The zero-order chi connectivity index (χ0) is 12.5. The van der Waals surface area contributed by atoms with Crippen molar-refractivity contribution >= 4 is 33.0 Å². The molecule has 1 aliphatic rings. The van der Waals surface area contributed by atoms with Gasteiger partial charge in [-0.05, 0) is 24.8 Å². The van der Waals surface area contributed by atoms with Gasteiger partial charge in [-0.25, -0.2) is 0 Å². The molecule has 1 aromatic heterocycles. The second kappa shape index (κ2) is 5.20. The zero-order valence-corrected chi connectivity index (χ0v) is 12.2. The van der Waals surface area contributed by atoms with E-state index in [2.05, 4.69) is 36.5 Å². The highest BCUT2D eigenvalue weighted by Crippen LogP contribution is 2.37. The Morgan fingerprint density at radius 1 is 1.39 bits per heavy atom. The van der Waals surface area contributed by atoms with Crippen LogP contribution in [-0.4, -0.2) is 6.04 Å². The van der Waals surface area contributed by atoms with Crippen molar-refractivity contribution in [3.63, 3.8) is 0 Å². The molecule has 1 aromatic carbocycles. The van der Waals surface area contributed by atoms with Crippen LogP contribution in [0.25, 0.3) is 10.1 Å². The van der Waals surface area contributed by atoms with E-state index < -0.39 is 0 Å². The first-order valence-electron chi connectivity index (χ1n) is 6.69. The molecule has 18 heavy (non-hydrogen) atoms. The van der Waals surface area contributed by atoms with Gasteiger partial charge in [0.1, 0.15) is 0 Å². The summed E-state index contributed by atoms with van der Waals surface area (Å²) in [6.07, 6.45) is 4.00. The maximum absolute atomic E-state index is 6.43. The third-order valence-corrected chi connectivity index (χ3v) is 5.42. The van der Waals surface area contributed by atoms with E-state index in [1.807, 2.05) is 11.3 Å². The lowest BCUT2D eigenvalue weighted by Crippen LogP contribution is -2.17. The van der Waals surface area contributed by atoms with Gasteiger partial charge in [0, 0.05) is 27.5 Å². The topological polar surface area (TPSA) is 12.0 Å². The van der Waals surface area contributed by atoms with E-state index in [-0.39, 0.29) is 0 Å². The summed E-state index contributed by atoms with van der Waals surface area (Å²) in [6, 6.07) is 9.10. The molecule has 1 fully saturated rings. The highest BCUT2D eigenvalue weighted by Gasteiger charge is 2.35. The summed E-state index contributed by atoms with van der Waals surface area (Å²) in [7, 11) is 0. The molecular weight excluding hydrogens is 262 g/mol. The number of hydrogen-bond acceptors (Lipinski definition) is 2. The molecule has 2 atom stereocenters. The first kappa shape index (κ1) is 12.5. The molecule has 0 radical (unpaired) electrons. The zero-order valence-electron chi connectivity index (χ0n) is 10.6. The van der Waals surface area contributed by atoms with Crippen LogP contribution < -0.4 is 5.32 Å². The lowest BCUT2D eigenvalue weighted by atomic mass is 10.2.